The van der Waals surface area contributed by atoms with Crippen LogP contribution < -0.4 is 0 Å². The number of amides is 1. The first kappa shape index (κ1) is 31.3. The third-order valence-electron chi connectivity index (χ3n) is 15.0. The van der Waals surface area contributed by atoms with Gasteiger partial charge in [-0.1, -0.05) is 66.2 Å². The first-order valence-corrected chi connectivity index (χ1v) is 17.9. The lowest BCUT2D eigenvalue weighted by Crippen LogP contribution is -2.65. The largest absolute Gasteiger partial charge is 0.378 e. The minimum atomic E-state index is -0.396. The molecule has 5 nitrogen and oxygen atoms in total. The van der Waals surface area contributed by atoms with E-state index >= 15 is 0 Å². The molecule has 1 aromatic rings. The fraction of sp³-hybridized carbons (Fsp3) is 0.725. The van der Waals surface area contributed by atoms with Crippen molar-refractivity contribution in [2.45, 2.75) is 106 Å². The summed E-state index contributed by atoms with van der Waals surface area (Å²) in [6.45, 7) is 19.8. The third-order valence-corrected chi connectivity index (χ3v) is 15.0. The molecule has 1 saturated heterocycles. The molecule has 5 aliphatic carbocycles. The molecular weight excluding hydrogens is 556 g/mol. The topological polar surface area (TPSA) is 59.5 Å². The Bertz CT molecular complexity index is 1440. The molecule has 4 saturated carbocycles. The van der Waals surface area contributed by atoms with E-state index in [9.17, 15) is 9.59 Å². The monoisotopic (exact) mass is 612 g/mol. The number of carbonyl (C=O) groups excluding carboxylic acids is 2. The SMILES string of the molecule is CC1(C)CC[C@]2(C(=O)N3CCOCC3)CC[C@]3(C)C(=CC[C@@H]4[C@@]5(C)C/C(=C/c6cccnc6)C(=O)C(C)(C)[C@@H]5CC[C@]43C)[C@@H]2C1. The van der Waals surface area contributed by atoms with Crippen molar-refractivity contribution in [2.24, 2.45) is 50.2 Å². The average molecular weight is 613 g/mol. The zero-order chi connectivity index (χ0) is 32.0. The van der Waals surface area contributed by atoms with Gasteiger partial charge in [0.25, 0.3) is 0 Å². The van der Waals surface area contributed by atoms with Crippen LogP contribution in [0.4, 0.5) is 0 Å². The molecule has 0 aromatic carbocycles. The van der Waals surface area contributed by atoms with Gasteiger partial charge in [-0.2, -0.15) is 0 Å². The number of rotatable bonds is 2. The Morgan fingerprint density at radius 2 is 1.71 bits per heavy atom. The van der Waals surface area contributed by atoms with Crippen molar-refractivity contribution in [1.29, 1.82) is 0 Å². The summed E-state index contributed by atoms with van der Waals surface area (Å²) in [5, 5.41) is 0. The van der Waals surface area contributed by atoms with Crippen LogP contribution in [0.3, 0.4) is 0 Å². The van der Waals surface area contributed by atoms with Gasteiger partial charge in [0.1, 0.15) is 0 Å². The lowest BCUT2D eigenvalue weighted by atomic mass is 9.33. The first-order chi connectivity index (χ1) is 21.2. The summed E-state index contributed by atoms with van der Waals surface area (Å²) in [5.41, 5.74) is 3.36. The van der Waals surface area contributed by atoms with E-state index in [-0.39, 0.29) is 27.1 Å². The van der Waals surface area contributed by atoms with E-state index in [2.05, 4.69) is 76.6 Å². The molecule has 0 bridgehead atoms. The fourth-order valence-corrected chi connectivity index (χ4v) is 12.3. The van der Waals surface area contributed by atoms with E-state index in [0.29, 0.717) is 42.7 Å². The Labute approximate surface area is 271 Å². The summed E-state index contributed by atoms with van der Waals surface area (Å²) in [7, 11) is 0. The lowest BCUT2D eigenvalue weighted by molar-refractivity contribution is -0.183. The highest BCUT2D eigenvalue weighted by Crippen LogP contribution is 2.76. The van der Waals surface area contributed by atoms with Crippen LogP contribution in [0, 0.1) is 50.2 Å². The molecular formula is C40H56N2O3. The second kappa shape index (κ2) is 10.4. The Kier molecular flexibility index (Phi) is 7.22. The highest BCUT2D eigenvalue weighted by atomic mass is 16.5. The second-order valence-electron chi connectivity index (χ2n) is 18.0. The Hall–Kier alpha value is -2.27. The number of ether oxygens (including phenoxy) is 1. The number of allylic oxidation sites excluding steroid dienone is 3. The summed E-state index contributed by atoms with van der Waals surface area (Å²) in [4.78, 5) is 35.2. The van der Waals surface area contributed by atoms with Crippen LogP contribution in [-0.4, -0.2) is 47.9 Å². The molecule has 1 aromatic heterocycles. The van der Waals surface area contributed by atoms with Gasteiger partial charge in [-0.15, -0.1) is 0 Å². The van der Waals surface area contributed by atoms with E-state index in [0.717, 1.165) is 82.0 Å². The predicted octanol–water partition coefficient (Wildman–Crippen LogP) is 8.30. The zero-order valence-electron chi connectivity index (χ0n) is 29.0. The van der Waals surface area contributed by atoms with Gasteiger partial charge < -0.3 is 9.64 Å². The molecule has 0 spiro atoms. The molecule has 244 valence electrons. The van der Waals surface area contributed by atoms with Crippen LogP contribution in [0.25, 0.3) is 6.08 Å². The van der Waals surface area contributed by atoms with Gasteiger partial charge in [-0.25, -0.2) is 0 Å². The molecule has 7 atom stereocenters. The normalized spacial score (nSPS) is 43.0. The molecule has 1 amide bonds. The van der Waals surface area contributed by atoms with Crippen LogP contribution in [0.15, 0.2) is 41.7 Å². The number of fused-ring (bicyclic) bond motifs is 7. The van der Waals surface area contributed by atoms with E-state index in [1.807, 2.05) is 12.3 Å². The van der Waals surface area contributed by atoms with Crippen molar-refractivity contribution >= 4 is 17.8 Å². The average Bonchev–Trinajstić information content (AvgIpc) is 3.00. The van der Waals surface area contributed by atoms with E-state index in [1.165, 1.54) is 0 Å². The second-order valence-corrected chi connectivity index (χ2v) is 18.0. The number of aromatic nitrogens is 1. The van der Waals surface area contributed by atoms with Crippen molar-refractivity contribution in [3.8, 4) is 0 Å². The predicted molar refractivity (Wildman–Crippen MR) is 179 cm³/mol. The summed E-state index contributed by atoms with van der Waals surface area (Å²) in [6.07, 6.45) is 17.9. The number of pyridine rings is 1. The maximum absolute atomic E-state index is 14.6. The molecule has 1 aliphatic heterocycles. The van der Waals surface area contributed by atoms with E-state index < -0.39 is 5.41 Å². The molecule has 5 fully saturated rings. The first-order valence-electron chi connectivity index (χ1n) is 17.9. The van der Waals surface area contributed by atoms with Crippen molar-refractivity contribution in [2.75, 3.05) is 26.3 Å². The minimum Gasteiger partial charge on any atom is -0.378 e. The summed E-state index contributed by atoms with van der Waals surface area (Å²) >= 11 is 0. The number of nitrogens with zero attached hydrogens (tertiary/aromatic N) is 2. The number of ketones is 1. The van der Waals surface area contributed by atoms with Crippen LogP contribution in [0.1, 0.15) is 112 Å². The highest BCUT2D eigenvalue weighted by molar-refractivity contribution is 6.04. The number of Topliss-reactive ketones (excluding diaryl/α,β-unsaturated/α-hetero) is 1. The molecule has 0 N–H and O–H groups in total. The van der Waals surface area contributed by atoms with Crippen molar-refractivity contribution in [3.63, 3.8) is 0 Å². The summed E-state index contributed by atoms with van der Waals surface area (Å²) < 4.78 is 5.66. The van der Waals surface area contributed by atoms with Crippen LogP contribution in [0.5, 0.6) is 0 Å². The Morgan fingerprint density at radius 1 is 0.978 bits per heavy atom. The quantitative estimate of drug-likeness (QED) is 0.249. The molecule has 5 heteroatoms. The van der Waals surface area contributed by atoms with Gasteiger partial charge in [-0.3, -0.25) is 14.6 Å². The lowest BCUT2D eigenvalue weighted by Gasteiger charge is -2.71. The number of hydrogen-bond acceptors (Lipinski definition) is 4. The number of hydrogen-bond donors (Lipinski definition) is 0. The molecule has 0 radical (unpaired) electrons. The summed E-state index contributed by atoms with van der Waals surface area (Å²) in [6, 6.07) is 4.02. The van der Waals surface area contributed by atoms with Crippen LogP contribution in [-0.2, 0) is 14.3 Å². The maximum Gasteiger partial charge on any atom is 0.229 e. The fourth-order valence-electron chi connectivity index (χ4n) is 12.3. The third kappa shape index (κ3) is 4.45. The van der Waals surface area contributed by atoms with Crippen molar-refractivity contribution in [3.05, 3.63) is 47.3 Å². The Morgan fingerprint density at radius 3 is 2.42 bits per heavy atom. The van der Waals surface area contributed by atoms with E-state index in [4.69, 9.17) is 4.74 Å². The highest BCUT2D eigenvalue weighted by Gasteiger charge is 2.69. The van der Waals surface area contributed by atoms with Crippen molar-refractivity contribution in [1.82, 2.24) is 9.88 Å². The van der Waals surface area contributed by atoms with Crippen LogP contribution in [0.2, 0.25) is 0 Å². The molecule has 2 heterocycles. The molecule has 0 unspecified atom stereocenters. The minimum absolute atomic E-state index is 0.0213. The van der Waals surface area contributed by atoms with Gasteiger partial charge in [0.15, 0.2) is 5.78 Å². The van der Waals surface area contributed by atoms with Crippen LogP contribution >= 0.6 is 0 Å². The van der Waals surface area contributed by atoms with Gasteiger partial charge in [0.05, 0.1) is 18.6 Å². The van der Waals surface area contributed by atoms with Crippen molar-refractivity contribution < 1.29 is 14.3 Å². The molecule has 45 heavy (non-hydrogen) atoms. The molecule has 7 rings (SSSR count). The van der Waals surface area contributed by atoms with Gasteiger partial charge in [-0.05, 0) is 120 Å². The number of carbonyl (C=O) groups is 2. The van der Waals surface area contributed by atoms with E-state index in [1.54, 1.807) is 11.8 Å². The number of morpholine rings is 1. The van der Waals surface area contributed by atoms with Gasteiger partial charge in [0, 0.05) is 30.9 Å². The van der Waals surface area contributed by atoms with Gasteiger partial charge >= 0.3 is 0 Å². The molecule has 6 aliphatic rings. The maximum atomic E-state index is 14.6. The standard InChI is InChI=1S/C40H56N2O3/c1-35(2)14-16-40(34(44)42-19-21-45-22-20-42)17-15-38(6)29(30(40)25-35)10-11-32-37(5)24-28(23-27-9-8-18-41-26-27)33(43)36(3,4)31(37)12-13-39(32,38)7/h8-10,18,23,26,30-32H,11-17,19-22,24-25H2,1-7H3/b28-23-/t30-,31-,32+,37-,38+,39+,40-/m0/s1. The summed E-state index contributed by atoms with van der Waals surface area (Å²) in [5.74, 6) is 1.89. The Balaban J connectivity index is 1.30. The zero-order valence-corrected chi connectivity index (χ0v) is 29.0. The smallest absolute Gasteiger partial charge is 0.229 e. The van der Waals surface area contributed by atoms with Gasteiger partial charge in [0.2, 0.25) is 5.91 Å².